The van der Waals surface area contributed by atoms with Crippen molar-refractivity contribution < 1.29 is 0 Å². The third kappa shape index (κ3) is 0.973. The molecule has 0 aliphatic rings. The van der Waals surface area contributed by atoms with Crippen LogP contribution in [0.3, 0.4) is 0 Å². The van der Waals surface area contributed by atoms with Gasteiger partial charge in [-0.2, -0.15) is 0 Å². The van der Waals surface area contributed by atoms with Crippen molar-refractivity contribution in [3.63, 3.8) is 0 Å². The van der Waals surface area contributed by atoms with Gasteiger partial charge in [-0.3, -0.25) is 0 Å². The van der Waals surface area contributed by atoms with E-state index >= 15 is 0 Å². The molecular formula is C9H6N2S. The van der Waals surface area contributed by atoms with Crippen LogP contribution in [0.25, 0.3) is 10.2 Å². The smallest absolute Gasteiger partial charge is 0.134 e. The molecule has 2 aromatic heterocycles. The highest BCUT2D eigenvalue weighted by atomic mass is 32.1. The summed E-state index contributed by atoms with van der Waals surface area (Å²) in [6.07, 6.45) is 5.31. The predicted molar refractivity (Wildman–Crippen MR) is 50.1 cm³/mol. The molecule has 0 radical (unpaired) electrons. The molecule has 0 amide bonds. The van der Waals surface area contributed by atoms with Gasteiger partial charge in [-0.25, -0.2) is 9.97 Å². The van der Waals surface area contributed by atoms with E-state index in [1.54, 1.807) is 11.3 Å². The van der Waals surface area contributed by atoms with Crippen molar-refractivity contribution >= 4 is 21.6 Å². The van der Waals surface area contributed by atoms with Gasteiger partial charge in [0.25, 0.3) is 0 Å². The maximum absolute atomic E-state index is 5.31. The second-order valence-electron chi connectivity index (χ2n) is 2.40. The minimum Gasteiger partial charge on any atom is -0.232 e. The number of fused-ring (bicyclic) bond motifs is 1. The third-order valence-electron chi connectivity index (χ3n) is 1.55. The molecule has 0 aliphatic carbocycles. The molecule has 3 heteroatoms. The van der Waals surface area contributed by atoms with E-state index in [-0.39, 0.29) is 0 Å². The largest absolute Gasteiger partial charge is 0.232 e. The van der Waals surface area contributed by atoms with Crippen molar-refractivity contribution in [2.45, 2.75) is 6.92 Å². The van der Waals surface area contributed by atoms with Crippen LogP contribution in [0.2, 0.25) is 0 Å². The standard InChI is InChI=1S/C9H6N2S/c1-3-7-9-8(4-5-12-9)11-6(2)10-7/h1,4-5H,2H3. The van der Waals surface area contributed by atoms with E-state index in [2.05, 4.69) is 15.9 Å². The van der Waals surface area contributed by atoms with Gasteiger partial charge in [-0.1, -0.05) is 0 Å². The van der Waals surface area contributed by atoms with E-state index in [1.807, 2.05) is 18.4 Å². The summed E-state index contributed by atoms with van der Waals surface area (Å²) in [6, 6.07) is 1.95. The lowest BCUT2D eigenvalue weighted by Gasteiger charge is -1.94. The van der Waals surface area contributed by atoms with Gasteiger partial charge in [-0.05, 0) is 24.3 Å². The SMILES string of the molecule is C#Cc1nc(C)nc2ccsc12. The van der Waals surface area contributed by atoms with Gasteiger partial charge < -0.3 is 0 Å². The van der Waals surface area contributed by atoms with Crippen LogP contribution in [-0.2, 0) is 0 Å². The molecule has 12 heavy (non-hydrogen) atoms. The molecule has 0 aliphatic heterocycles. The quantitative estimate of drug-likeness (QED) is 0.571. The lowest BCUT2D eigenvalue weighted by molar-refractivity contribution is 1.08. The molecule has 0 saturated carbocycles. The van der Waals surface area contributed by atoms with E-state index in [4.69, 9.17) is 6.42 Å². The van der Waals surface area contributed by atoms with Gasteiger partial charge in [0.2, 0.25) is 0 Å². The first-order valence-electron chi connectivity index (χ1n) is 3.49. The molecule has 2 nitrogen and oxygen atoms in total. The van der Waals surface area contributed by atoms with E-state index in [0.29, 0.717) is 5.69 Å². The molecule has 2 rings (SSSR count). The molecule has 0 fully saturated rings. The highest BCUT2D eigenvalue weighted by molar-refractivity contribution is 7.17. The van der Waals surface area contributed by atoms with Crippen molar-refractivity contribution in [2.75, 3.05) is 0 Å². The molecule has 0 atom stereocenters. The number of terminal acetylenes is 1. The Bertz CT molecular complexity index is 465. The summed E-state index contributed by atoms with van der Waals surface area (Å²) in [5, 5.41) is 1.97. The number of aryl methyl sites for hydroxylation is 1. The monoisotopic (exact) mass is 174 g/mol. The van der Waals surface area contributed by atoms with E-state index in [1.165, 1.54) is 0 Å². The van der Waals surface area contributed by atoms with Crippen molar-refractivity contribution in [3.8, 4) is 12.3 Å². The molecule has 0 aromatic carbocycles. The molecule has 58 valence electrons. The summed E-state index contributed by atoms with van der Waals surface area (Å²) in [5.41, 5.74) is 1.65. The summed E-state index contributed by atoms with van der Waals surface area (Å²) < 4.78 is 1.00. The summed E-state index contributed by atoms with van der Waals surface area (Å²) in [5.74, 6) is 3.29. The van der Waals surface area contributed by atoms with Crippen LogP contribution < -0.4 is 0 Å². The molecule has 0 bridgehead atoms. The number of nitrogens with zero attached hydrogens (tertiary/aromatic N) is 2. The Morgan fingerprint density at radius 1 is 1.50 bits per heavy atom. The third-order valence-corrected chi connectivity index (χ3v) is 2.46. The van der Waals surface area contributed by atoms with Crippen molar-refractivity contribution in [3.05, 3.63) is 23.0 Å². The van der Waals surface area contributed by atoms with Crippen LogP contribution in [0.1, 0.15) is 11.5 Å². The zero-order valence-electron chi connectivity index (χ0n) is 6.53. The molecular weight excluding hydrogens is 168 g/mol. The lowest BCUT2D eigenvalue weighted by atomic mass is 10.3. The maximum Gasteiger partial charge on any atom is 0.134 e. The number of hydrogen-bond donors (Lipinski definition) is 0. The van der Waals surface area contributed by atoms with Crippen molar-refractivity contribution in [1.82, 2.24) is 9.97 Å². The number of aromatic nitrogens is 2. The predicted octanol–water partition coefficient (Wildman–Crippen LogP) is 1.98. The highest BCUT2D eigenvalue weighted by Crippen LogP contribution is 2.21. The Kier molecular flexibility index (Phi) is 1.56. The molecule has 0 N–H and O–H groups in total. The summed E-state index contributed by atoms with van der Waals surface area (Å²) in [7, 11) is 0. The Labute approximate surface area is 74.3 Å². The van der Waals surface area contributed by atoms with Gasteiger partial charge in [0.1, 0.15) is 11.5 Å². The molecule has 2 heterocycles. The van der Waals surface area contributed by atoms with E-state index in [9.17, 15) is 0 Å². The first-order chi connectivity index (χ1) is 5.81. The van der Waals surface area contributed by atoms with Gasteiger partial charge in [0.15, 0.2) is 0 Å². The van der Waals surface area contributed by atoms with Crippen LogP contribution in [-0.4, -0.2) is 9.97 Å². The molecule has 0 unspecified atom stereocenters. The Morgan fingerprint density at radius 2 is 2.33 bits per heavy atom. The maximum atomic E-state index is 5.31. The molecule has 0 saturated heterocycles. The zero-order chi connectivity index (χ0) is 8.55. The Hall–Kier alpha value is -1.40. The minimum absolute atomic E-state index is 0.701. The van der Waals surface area contributed by atoms with Crippen molar-refractivity contribution in [2.24, 2.45) is 0 Å². The zero-order valence-corrected chi connectivity index (χ0v) is 7.35. The van der Waals surface area contributed by atoms with Crippen LogP contribution in [0.15, 0.2) is 11.4 Å². The Morgan fingerprint density at radius 3 is 3.08 bits per heavy atom. The van der Waals surface area contributed by atoms with Crippen LogP contribution in [0, 0.1) is 19.3 Å². The normalized spacial score (nSPS) is 10.0. The second-order valence-corrected chi connectivity index (χ2v) is 3.31. The van der Waals surface area contributed by atoms with Gasteiger partial charge in [-0.15, -0.1) is 17.8 Å². The average molecular weight is 174 g/mol. The van der Waals surface area contributed by atoms with Crippen LogP contribution >= 0.6 is 11.3 Å². The second kappa shape index (κ2) is 2.58. The van der Waals surface area contributed by atoms with Crippen molar-refractivity contribution in [1.29, 1.82) is 0 Å². The molecule has 0 spiro atoms. The van der Waals surface area contributed by atoms with Gasteiger partial charge >= 0.3 is 0 Å². The Balaban J connectivity index is 2.91. The fraction of sp³-hybridized carbons (Fsp3) is 0.111. The lowest BCUT2D eigenvalue weighted by Crippen LogP contribution is -1.90. The fourth-order valence-electron chi connectivity index (χ4n) is 1.08. The fourth-order valence-corrected chi connectivity index (χ4v) is 1.86. The van der Waals surface area contributed by atoms with Gasteiger partial charge in [0, 0.05) is 0 Å². The number of rotatable bonds is 0. The summed E-state index contributed by atoms with van der Waals surface area (Å²) in [6.45, 7) is 1.85. The minimum atomic E-state index is 0.701. The first-order valence-corrected chi connectivity index (χ1v) is 4.37. The van der Waals surface area contributed by atoms with Gasteiger partial charge in [0.05, 0.1) is 10.2 Å². The number of hydrogen-bond acceptors (Lipinski definition) is 3. The summed E-state index contributed by atoms with van der Waals surface area (Å²) >= 11 is 1.58. The average Bonchev–Trinajstić information content (AvgIpc) is 2.50. The van der Waals surface area contributed by atoms with Crippen LogP contribution in [0.4, 0.5) is 0 Å². The summed E-state index contributed by atoms with van der Waals surface area (Å²) in [4.78, 5) is 8.40. The first kappa shape index (κ1) is 7.26. The number of thiophene rings is 1. The molecule has 2 aromatic rings. The van der Waals surface area contributed by atoms with E-state index < -0.39 is 0 Å². The van der Waals surface area contributed by atoms with E-state index in [0.717, 1.165) is 16.0 Å². The topological polar surface area (TPSA) is 25.8 Å². The van der Waals surface area contributed by atoms with Crippen LogP contribution in [0.5, 0.6) is 0 Å². The highest BCUT2D eigenvalue weighted by Gasteiger charge is 2.03.